The first-order chi connectivity index (χ1) is 3.83. The minimum atomic E-state index is 0.803. The summed E-state index contributed by atoms with van der Waals surface area (Å²) >= 11 is 1.33. The molecule has 0 atom stereocenters. The van der Waals surface area contributed by atoms with Crippen molar-refractivity contribution in [1.29, 1.82) is 0 Å². The van der Waals surface area contributed by atoms with Crippen molar-refractivity contribution in [1.82, 2.24) is 4.47 Å². The fourth-order valence-corrected chi connectivity index (χ4v) is 0.902. The van der Waals surface area contributed by atoms with Gasteiger partial charge in [0.05, 0.1) is 0 Å². The van der Waals surface area contributed by atoms with Crippen molar-refractivity contribution in [3.63, 3.8) is 0 Å². The van der Waals surface area contributed by atoms with E-state index in [0.717, 1.165) is 12.3 Å². The molecule has 0 saturated carbocycles. The minimum absolute atomic E-state index is 0.803. The summed E-state index contributed by atoms with van der Waals surface area (Å²) in [4.78, 5) is 5.06. The molecule has 0 aromatic heterocycles. The molecule has 0 unspecified atom stereocenters. The number of nitrogens with zero attached hydrogens (tertiary/aromatic N) is 2. The molecule has 0 amide bonds. The number of hydrogen-bond donors (Lipinski definition) is 0. The van der Waals surface area contributed by atoms with Gasteiger partial charge in [-0.1, -0.05) is 11.4 Å². The predicted molar refractivity (Wildman–Crippen MR) is 34.2 cm³/mol. The van der Waals surface area contributed by atoms with Gasteiger partial charge < -0.3 is 4.84 Å². The van der Waals surface area contributed by atoms with Crippen LogP contribution in [0.2, 0.25) is 0 Å². The molecular formula is C4H8N2OS. The molecule has 1 rings (SSSR count). The summed E-state index contributed by atoms with van der Waals surface area (Å²) < 4.78 is 5.60. The Hall–Kier alpha value is -0.220. The third-order valence-electron chi connectivity index (χ3n) is 0.794. The molecule has 0 aromatic carbocycles. The summed E-state index contributed by atoms with van der Waals surface area (Å²) in [6, 6.07) is 0. The van der Waals surface area contributed by atoms with Crippen LogP contribution in [0.1, 0.15) is 13.3 Å². The van der Waals surface area contributed by atoms with E-state index in [1.807, 2.05) is 14.0 Å². The minimum Gasteiger partial charge on any atom is -0.378 e. The van der Waals surface area contributed by atoms with E-state index in [1.54, 1.807) is 4.47 Å². The molecule has 0 fully saturated rings. The summed E-state index contributed by atoms with van der Waals surface area (Å²) in [5.74, 6) is 0.803. The average Bonchev–Trinajstić information content (AvgIpc) is 2.14. The van der Waals surface area contributed by atoms with Crippen LogP contribution in [0.3, 0.4) is 0 Å². The Morgan fingerprint density at radius 1 is 1.88 bits per heavy atom. The maximum atomic E-state index is 5.06. The first-order valence-electron chi connectivity index (χ1n) is 2.48. The zero-order chi connectivity index (χ0) is 5.98. The lowest BCUT2D eigenvalue weighted by Crippen LogP contribution is -2.07. The Morgan fingerprint density at radius 3 is 2.88 bits per heavy atom. The summed E-state index contributed by atoms with van der Waals surface area (Å²) in [7, 11) is 1.83. The van der Waals surface area contributed by atoms with Gasteiger partial charge in [-0.2, -0.15) is 4.40 Å². The van der Waals surface area contributed by atoms with Crippen molar-refractivity contribution >= 4 is 18.0 Å². The van der Waals surface area contributed by atoms with Crippen LogP contribution in [0.25, 0.3) is 0 Å². The molecule has 0 aliphatic carbocycles. The summed E-state index contributed by atoms with van der Waals surface area (Å²) in [5.41, 5.74) is 0. The Balaban J connectivity index is 2.37. The molecule has 0 bridgehead atoms. The molecule has 0 N–H and O–H groups in total. The highest BCUT2D eigenvalue weighted by atomic mass is 32.2. The fraction of sp³-hybridized carbons (Fsp3) is 0.750. The smallest absolute Gasteiger partial charge is 0.223 e. The van der Waals surface area contributed by atoms with E-state index in [-0.39, 0.29) is 0 Å². The molecule has 46 valence electrons. The van der Waals surface area contributed by atoms with Gasteiger partial charge in [-0.05, 0) is 0 Å². The summed E-state index contributed by atoms with van der Waals surface area (Å²) in [6.45, 7) is 2.01. The molecule has 1 heterocycles. The lowest BCUT2D eigenvalue weighted by molar-refractivity contribution is 0.0689. The highest BCUT2D eigenvalue weighted by Crippen LogP contribution is 2.18. The van der Waals surface area contributed by atoms with Gasteiger partial charge in [0.1, 0.15) is 12.1 Å². The van der Waals surface area contributed by atoms with E-state index in [1.165, 1.54) is 12.1 Å². The third-order valence-corrected chi connectivity index (χ3v) is 1.38. The van der Waals surface area contributed by atoms with E-state index >= 15 is 0 Å². The van der Waals surface area contributed by atoms with Crippen LogP contribution in [-0.4, -0.2) is 17.4 Å². The van der Waals surface area contributed by atoms with Crippen LogP contribution in [0.15, 0.2) is 4.40 Å². The van der Waals surface area contributed by atoms with Crippen molar-refractivity contribution in [3.05, 3.63) is 0 Å². The van der Waals surface area contributed by atoms with Gasteiger partial charge in [0.25, 0.3) is 0 Å². The molecule has 1 aliphatic heterocycles. The van der Waals surface area contributed by atoms with Crippen molar-refractivity contribution in [2.45, 2.75) is 13.3 Å². The monoisotopic (exact) mass is 132 g/mol. The summed E-state index contributed by atoms with van der Waals surface area (Å²) in [5, 5.41) is 0. The van der Waals surface area contributed by atoms with Gasteiger partial charge in [-0.3, -0.25) is 0 Å². The van der Waals surface area contributed by atoms with Gasteiger partial charge >= 0.3 is 0 Å². The van der Waals surface area contributed by atoms with Crippen LogP contribution in [-0.2, 0) is 4.84 Å². The Morgan fingerprint density at radius 2 is 2.62 bits per heavy atom. The standard InChI is InChI=1S/C4H8N2OS/c1-3-4-5-8-6(2)7-4/h3H2,1-2H3. The molecule has 8 heavy (non-hydrogen) atoms. The first-order valence-corrected chi connectivity index (χ1v) is 3.21. The number of rotatable bonds is 1. The van der Waals surface area contributed by atoms with Gasteiger partial charge in [0.2, 0.25) is 5.90 Å². The second kappa shape index (κ2) is 2.37. The highest BCUT2D eigenvalue weighted by molar-refractivity contribution is 7.95. The van der Waals surface area contributed by atoms with Crippen LogP contribution in [0.5, 0.6) is 0 Å². The van der Waals surface area contributed by atoms with Crippen LogP contribution in [0.4, 0.5) is 0 Å². The zero-order valence-corrected chi connectivity index (χ0v) is 5.73. The number of hydrogen-bond acceptors (Lipinski definition) is 4. The van der Waals surface area contributed by atoms with E-state index < -0.39 is 0 Å². The first kappa shape index (κ1) is 5.91. The molecule has 0 spiro atoms. The molecule has 4 heteroatoms. The van der Waals surface area contributed by atoms with E-state index in [4.69, 9.17) is 4.84 Å². The van der Waals surface area contributed by atoms with Crippen molar-refractivity contribution in [2.24, 2.45) is 4.40 Å². The molecule has 1 aliphatic rings. The van der Waals surface area contributed by atoms with Gasteiger partial charge in [0.15, 0.2) is 0 Å². The molecular weight excluding hydrogens is 124 g/mol. The Kier molecular flexibility index (Phi) is 1.75. The molecule has 0 saturated heterocycles. The number of hydroxylamine groups is 1. The van der Waals surface area contributed by atoms with Crippen LogP contribution in [0, 0.1) is 0 Å². The van der Waals surface area contributed by atoms with Crippen molar-refractivity contribution < 1.29 is 4.84 Å². The highest BCUT2D eigenvalue weighted by Gasteiger charge is 2.11. The second-order valence-electron chi connectivity index (χ2n) is 1.45. The molecule has 0 aromatic rings. The van der Waals surface area contributed by atoms with E-state index in [2.05, 4.69) is 4.40 Å². The van der Waals surface area contributed by atoms with Crippen molar-refractivity contribution in [3.8, 4) is 0 Å². The lowest BCUT2D eigenvalue weighted by Gasteiger charge is -2.02. The SMILES string of the molecule is CCC1=NSN(C)O1. The van der Waals surface area contributed by atoms with Crippen LogP contribution >= 0.6 is 12.1 Å². The second-order valence-corrected chi connectivity index (χ2v) is 2.31. The Labute approximate surface area is 52.9 Å². The quantitative estimate of drug-likeness (QED) is 0.502. The topological polar surface area (TPSA) is 24.8 Å². The maximum absolute atomic E-state index is 5.06. The van der Waals surface area contributed by atoms with E-state index in [0.29, 0.717) is 0 Å². The lowest BCUT2D eigenvalue weighted by atomic mass is 10.5. The fourth-order valence-electron chi connectivity index (χ4n) is 0.414. The predicted octanol–water partition coefficient (Wildman–Crippen LogP) is 1.24. The average molecular weight is 132 g/mol. The Bertz CT molecular complexity index is 115. The van der Waals surface area contributed by atoms with Crippen LogP contribution < -0.4 is 0 Å². The van der Waals surface area contributed by atoms with Crippen molar-refractivity contribution in [2.75, 3.05) is 7.05 Å². The molecule has 0 radical (unpaired) electrons. The van der Waals surface area contributed by atoms with E-state index in [9.17, 15) is 0 Å². The molecule has 3 nitrogen and oxygen atoms in total. The normalized spacial score (nSPS) is 20.5. The largest absolute Gasteiger partial charge is 0.378 e. The third kappa shape index (κ3) is 1.14. The summed E-state index contributed by atoms with van der Waals surface area (Å²) in [6.07, 6.45) is 0.872. The zero-order valence-electron chi connectivity index (χ0n) is 4.92. The van der Waals surface area contributed by atoms with Gasteiger partial charge in [-0.25, -0.2) is 0 Å². The van der Waals surface area contributed by atoms with Gasteiger partial charge in [-0.15, -0.1) is 0 Å². The van der Waals surface area contributed by atoms with Gasteiger partial charge in [0, 0.05) is 13.5 Å². The maximum Gasteiger partial charge on any atom is 0.223 e.